The number of aliphatic hydroxyl groups is 1. The molecule has 2 saturated carbocycles. The van der Waals surface area contributed by atoms with E-state index in [0.29, 0.717) is 12.0 Å². The second kappa shape index (κ2) is 6.07. The molecule has 1 spiro atoms. The van der Waals surface area contributed by atoms with E-state index in [-0.39, 0.29) is 24.0 Å². The molecule has 4 atom stereocenters. The Kier molecular flexibility index (Phi) is 4.07. The zero-order chi connectivity index (χ0) is 15.9. The fourth-order valence-electron chi connectivity index (χ4n) is 4.87. The first kappa shape index (κ1) is 15.4. The third-order valence-electron chi connectivity index (χ3n) is 5.96. The van der Waals surface area contributed by atoms with Gasteiger partial charge in [-0.3, -0.25) is 0 Å². The molecule has 2 heterocycles. The van der Waals surface area contributed by atoms with Gasteiger partial charge in [-0.1, -0.05) is 12.8 Å². The SMILES string of the molecule is O=C(NCC(O)c1ccsc1)NC1C2CCOC2C12CCCC2. The smallest absolute Gasteiger partial charge is 0.315 e. The van der Waals surface area contributed by atoms with Crippen molar-refractivity contribution in [3.63, 3.8) is 0 Å². The molecule has 2 aliphatic carbocycles. The van der Waals surface area contributed by atoms with E-state index in [0.717, 1.165) is 31.4 Å². The lowest BCUT2D eigenvalue weighted by Gasteiger charge is -2.56. The summed E-state index contributed by atoms with van der Waals surface area (Å²) in [7, 11) is 0. The molecule has 5 nitrogen and oxygen atoms in total. The van der Waals surface area contributed by atoms with Crippen molar-refractivity contribution in [2.75, 3.05) is 13.2 Å². The molecule has 6 heteroatoms. The van der Waals surface area contributed by atoms with Crippen LogP contribution in [0.4, 0.5) is 4.79 Å². The van der Waals surface area contributed by atoms with Crippen LogP contribution in [0.15, 0.2) is 16.8 Å². The van der Waals surface area contributed by atoms with Crippen LogP contribution < -0.4 is 10.6 Å². The van der Waals surface area contributed by atoms with E-state index in [4.69, 9.17) is 4.74 Å². The molecule has 1 saturated heterocycles. The Morgan fingerprint density at radius 2 is 2.30 bits per heavy atom. The molecular formula is C17H24N2O3S. The van der Waals surface area contributed by atoms with E-state index in [1.54, 1.807) is 11.3 Å². The maximum absolute atomic E-state index is 12.3. The zero-order valence-electron chi connectivity index (χ0n) is 13.2. The first-order valence-corrected chi connectivity index (χ1v) is 9.51. The minimum Gasteiger partial charge on any atom is -0.387 e. The summed E-state index contributed by atoms with van der Waals surface area (Å²) in [6, 6.07) is 1.95. The maximum Gasteiger partial charge on any atom is 0.315 e. The monoisotopic (exact) mass is 336 g/mol. The summed E-state index contributed by atoms with van der Waals surface area (Å²) in [4.78, 5) is 12.3. The molecule has 126 valence electrons. The quantitative estimate of drug-likeness (QED) is 0.791. The number of hydrogen-bond donors (Lipinski definition) is 3. The molecule has 0 bridgehead atoms. The van der Waals surface area contributed by atoms with Crippen molar-refractivity contribution in [1.29, 1.82) is 0 Å². The minimum absolute atomic E-state index is 0.166. The van der Waals surface area contributed by atoms with Crippen LogP contribution in [0.3, 0.4) is 0 Å². The molecule has 23 heavy (non-hydrogen) atoms. The first-order valence-electron chi connectivity index (χ1n) is 8.57. The summed E-state index contributed by atoms with van der Waals surface area (Å²) in [5, 5.41) is 19.9. The van der Waals surface area contributed by atoms with Gasteiger partial charge in [-0.25, -0.2) is 4.79 Å². The van der Waals surface area contributed by atoms with Gasteiger partial charge in [-0.2, -0.15) is 11.3 Å². The molecule has 0 aromatic carbocycles. The summed E-state index contributed by atoms with van der Waals surface area (Å²) >= 11 is 1.55. The van der Waals surface area contributed by atoms with Gasteiger partial charge in [0.1, 0.15) is 0 Å². The molecule has 3 N–H and O–H groups in total. The lowest BCUT2D eigenvalue weighted by atomic mass is 9.54. The van der Waals surface area contributed by atoms with Gasteiger partial charge in [-0.05, 0) is 41.7 Å². The Bertz CT molecular complexity index is 556. The second-order valence-corrected chi connectivity index (χ2v) is 7.87. The number of amides is 2. The number of ether oxygens (including phenoxy) is 1. The molecule has 3 fully saturated rings. The molecule has 0 radical (unpaired) electrons. The van der Waals surface area contributed by atoms with Crippen molar-refractivity contribution < 1.29 is 14.6 Å². The Labute approximate surface area is 140 Å². The van der Waals surface area contributed by atoms with E-state index >= 15 is 0 Å². The highest BCUT2D eigenvalue weighted by molar-refractivity contribution is 7.07. The predicted molar refractivity (Wildman–Crippen MR) is 88.3 cm³/mol. The molecule has 2 amide bonds. The van der Waals surface area contributed by atoms with Crippen LogP contribution in [0.1, 0.15) is 43.8 Å². The number of aliphatic hydroxyl groups excluding tert-OH is 1. The van der Waals surface area contributed by atoms with Crippen LogP contribution in [0.5, 0.6) is 0 Å². The van der Waals surface area contributed by atoms with E-state index < -0.39 is 6.10 Å². The molecule has 4 unspecified atom stereocenters. The van der Waals surface area contributed by atoms with E-state index in [1.807, 2.05) is 16.8 Å². The van der Waals surface area contributed by atoms with Gasteiger partial charge >= 0.3 is 6.03 Å². The number of hydrogen-bond acceptors (Lipinski definition) is 4. The van der Waals surface area contributed by atoms with Crippen molar-refractivity contribution >= 4 is 17.4 Å². The van der Waals surface area contributed by atoms with Gasteiger partial charge in [0.05, 0.1) is 12.2 Å². The standard InChI is InChI=1S/C17H24N2O3S/c20-13(11-4-8-23-10-11)9-18-16(21)19-14-12-3-7-22-15(12)17(14)5-1-2-6-17/h4,8,10,12-15,20H,1-3,5-7,9H2,(H2,18,19,21). The van der Waals surface area contributed by atoms with Gasteiger partial charge in [0.15, 0.2) is 0 Å². The third kappa shape index (κ3) is 2.57. The zero-order valence-corrected chi connectivity index (χ0v) is 14.0. The number of rotatable bonds is 4. The van der Waals surface area contributed by atoms with Crippen LogP contribution in [0.2, 0.25) is 0 Å². The molecule has 1 aromatic rings. The van der Waals surface area contributed by atoms with E-state index in [2.05, 4.69) is 10.6 Å². The first-order chi connectivity index (χ1) is 11.2. The molecule has 3 aliphatic rings. The molecule has 1 aliphatic heterocycles. The van der Waals surface area contributed by atoms with Crippen molar-refractivity contribution in [2.45, 2.75) is 50.4 Å². The van der Waals surface area contributed by atoms with Gasteiger partial charge in [0.25, 0.3) is 0 Å². The van der Waals surface area contributed by atoms with Crippen LogP contribution in [0, 0.1) is 11.3 Å². The highest BCUT2D eigenvalue weighted by Crippen LogP contribution is 2.60. The molecular weight excluding hydrogens is 312 g/mol. The Morgan fingerprint density at radius 1 is 1.48 bits per heavy atom. The normalized spacial score (nSPS) is 32.3. The summed E-state index contributed by atoms with van der Waals surface area (Å²) in [5.41, 5.74) is 1.03. The summed E-state index contributed by atoms with van der Waals surface area (Å²) < 4.78 is 5.94. The van der Waals surface area contributed by atoms with Crippen molar-refractivity contribution in [1.82, 2.24) is 10.6 Å². The second-order valence-electron chi connectivity index (χ2n) is 7.09. The highest BCUT2D eigenvalue weighted by Gasteiger charge is 2.65. The summed E-state index contributed by atoms with van der Waals surface area (Å²) in [6.45, 7) is 1.07. The Hall–Kier alpha value is -1.11. The lowest BCUT2D eigenvalue weighted by Crippen LogP contribution is -2.69. The van der Waals surface area contributed by atoms with Crippen LogP contribution in [0.25, 0.3) is 0 Å². The Morgan fingerprint density at radius 3 is 3.04 bits per heavy atom. The maximum atomic E-state index is 12.3. The average Bonchev–Trinajstić information content (AvgIpc) is 3.30. The van der Waals surface area contributed by atoms with Crippen molar-refractivity contribution in [2.24, 2.45) is 11.3 Å². The lowest BCUT2D eigenvalue weighted by molar-refractivity contribution is -0.126. The number of nitrogens with one attached hydrogen (secondary N) is 2. The minimum atomic E-state index is -0.642. The van der Waals surface area contributed by atoms with Gasteiger partial charge in [0, 0.05) is 30.5 Å². The average molecular weight is 336 g/mol. The Balaban J connectivity index is 1.33. The highest BCUT2D eigenvalue weighted by atomic mass is 32.1. The third-order valence-corrected chi connectivity index (χ3v) is 6.66. The topological polar surface area (TPSA) is 70.6 Å². The number of urea groups is 1. The van der Waals surface area contributed by atoms with Gasteiger partial charge < -0.3 is 20.5 Å². The van der Waals surface area contributed by atoms with Gasteiger partial charge in [-0.15, -0.1) is 0 Å². The van der Waals surface area contributed by atoms with Gasteiger partial charge in [0.2, 0.25) is 0 Å². The fourth-order valence-corrected chi connectivity index (χ4v) is 5.58. The van der Waals surface area contributed by atoms with Crippen LogP contribution in [-0.2, 0) is 4.74 Å². The van der Waals surface area contributed by atoms with Crippen molar-refractivity contribution in [3.8, 4) is 0 Å². The van der Waals surface area contributed by atoms with Crippen LogP contribution in [-0.4, -0.2) is 36.4 Å². The number of fused-ring (bicyclic) bond motifs is 2. The van der Waals surface area contributed by atoms with Crippen molar-refractivity contribution in [3.05, 3.63) is 22.4 Å². The predicted octanol–water partition coefficient (Wildman–Crippen LogP) is 2.43. The summed E-state index contributed by atoms with van der Waals surface area (Å²) in [6.07, 6.45) is 5.57. The number of carbonyl (C=O) groups excluding carboxylic acids is 1. The number of thiophene rings is 1. The van der Waals surface area contributed by atoms with Crippen LogP contribution >= 0.6 is 11.3 Å². The fraction of sp³-hybridized carbons (Fsp3) is 0.706. The van der Waals surface area contributed by atoms with E-state index in [1.165, 1.54) is 12.8 Å². The number of carbonyl (C=O) groups is 1. The largest absolute Gasteiger partial charge is 0.387 e. The molecule has 4 rings (SSSR count). The summed E-state index contributed by atoms with van der Waals surface area (Å²) in [5.74, 6) is 0.473. The molecule has 1 aromatic heterocycles. The van der Waals surface area contributed by atoms with E-state index in [9.17, 15) is 9.90 Å².